The van der Waals surface area contributed by atoms with Crippen LogP contribution in [0.4, 0.5) is 0 Å². The number of nitrogens with one attached hydrogen (secondary N) is 1. The summed E-state index contributed by atoms with van der Waals surface area (Å²) in [6.45, 7) is 10.3. The first-order chi connectivity index (χ1) is 7.92. The minimum atomic E-state index is 0.426. The molecule has 0 amide bonds. The fourth-order valence-corrected chi connectivity index (χ4v) is 3.21. The number of hydrogen-bond acceptors (Lipinski definition) is 2. The summed E-state index contributed by atoms with van der Waals surface area (Å²) in [5, 5.41) is 5.98. The van der Waals surface area contributed by atoms with E-state index < -0.39 is 0 Å². The molecule has 1 N–H and O–H groups in total. The fraction of sp³-hybridized carbons (Fsp3) is 0.714. The molecule has 1 heterocycles. The smallest absolute Gasteiger partial charge is 0.0656 e. The van der Waals surface area contributed by atoms with Gasteiger partial charge in [-0.3, -0.25) is 0 Å². The van der Waals surface area contributed by atoms with Crippen molar-refractivity contribution in [2.24, 2.45) is 5.41 Å². The van der Waals surface area contributed by atoms with Crippen molar-refractivity contribution in [2.75, 3.05) is 6.54 Å². The number of halogens is 1. The highest BCUT2D eigenvalue weighted by atomic mass is 127. The molecule has 1 rings (SSSR count). The molecule has 17 heavy (non-hydrogen) atoms. The van der Waals surface area contributed by atoms with E-state index in [9.17, 15) is 0 Å². The third-order valence-electron chi connectivity index (χ3n) is 2.81. The molecule has 0 radical (unpaired) electrons. The van der Waals surface area contributed by atoms with Crippen LogP contribution in [-0.2, 0) is 0 Å². The summed E-state index contributed by atoms with van der Waals surface area (Å²) in [6.07, 6.45) is 3.70. The summed E-state index contributed by atoms with van der Waals surface area (Å²) < 4.78 is 1.39. The van der Waals surface area contributed by atoms with E-state index in [0.717, 1.165) is 6.54 Å². The third-order valence-corrected chi connectivity index (χ3v) is 4.62. The maximum Gasteiger partial charge on any atom is 0.0656 e. The Labute approximate surface area is 124 Å². The van der Waals surface area contributed by atoms with Gasteiger partial charge in [-0.15, -0.1) is 11.3 Å². The lowest BCUT2D eigenvalue weighted by Crippen LogP contribution is -2.23. The molecule has 1 nitrogen and oxygen atoms in total. The summed E-state index contributed by atoms with van der Waals surface area (Å²) in [5.41, 5.74) is 1.90. The largest absolute Gasteiger partial charge is 0.310 e. The Morgan fingerprint density at radius 3 is 2.59 bits per heavy atom. The van der Waals surface area contributed by atoms with E-state index in [1.54, 1.807) is 0 Å². The predicted octanol–water partition coefficient (Wildman–Crippen LogP) is 5.22. The van der Waals surface area contributed by atoms with Crippen molar-refractivity contribution in [3.63, 3.8) is 0 Å². The summed E-state index contributed by atoms with van der Waals surface area (Å²) in [4.78, 5) is 0. The van der Waals surface area contributed by atoms with E-state index in [-0.39, 0.29) is 0 Å². The second-order valence-electron chi connectivity index (χ2n) is 5.79. The summed E-state index contributed by atoms with van der Waals surface area (Å²) >= 11 is 4.25. The van der Waals surface area contributed by atoms with E-state index in [0.29, 0.717) is 11.5 Å². The van der Waals surface area contributed by atoms with E-state index in [1.807, 2.05) is 11.3 Å². The molecule has 0 bridgehead atoms. The minimum Gasteiger partial charge on any atom is -0.310 e. The van der Waals surface area contributed by atoms with Crippen LogP contribution >= 0.6 is 33.9 Å². The average molecular weight is 365 g/mol. The van der Waals surface area contributed by atoms with Gasteiger partial charge in [0.05, 0.1) is 2.88 Å². The molecule has 0 fully saturated rings. The van der Waals surface area contributed by atoms with Gasteiger partial charge >= 0.3 is 0 Å². The topological polar surface area (TPSA) is 12.0 Å². The highest BCUT2D eigenvalue weighted by molar-refractivity contribution is 14.1. The van der Waals surface area contributed by atoms with Crippen LogP contribution in [-0.4, -0.2) is 6.54 Å². The van der Waals surface area contributed by atoms with E-state index in [4.69, 9.17) is 0 Å². The van der Waals surface area contributed by atoms with Crippen molar-refractivity contribution in [1.29, 1.82) is 0 Å². The lowest BCUT2D eigenvalue weighted by Gasteiger charge is -2.23. The van der Waals surface area contributed by atoms with E-state index >= 15 is 0 Å². The maximum absolute atomic E-state index is 3.67. The second kappa shape index (κ2) is 7.10. The summed E-state index contributed by atoms with van der Waals surface area (Å²) in [5.74, 6) is 0. The van der Waals surface area contributed by atoms with E-state index in [1.165, 1.54) is 27.7 Å². The first-order valence-corrected chi connectivity index (χ1v) is 8.35. The number of thiophene rings is 1. The van der Waals surface area contributed by atoms with Gasteiger partial charge in [-0.05, 0) is 70.8 Å². The standard InChI is InChI=1S/C14H24INS/c1-5-8-16-12(6-7-14(2,3)4)11-9-13(15)17-10-11/h9-10,12,16H,5-8H2,1-4H3. The van der Waals surface area contributed by atoms with Gasteiger partial charge in [-0.1, -0.05) is 27.7 Å². The molecular weight excluding hydrogens is 341 g/mol. The van der Waals surface area contributed by atoms with Crippen LogP contribution in [0.5, 0.6) is 0 Å². The quantitative estimate of drug-likeness (QED) is 0.682. The van der Waals surface area contributed by atoms with Gasteiger partial charge in [-0.2, -0.15) is 0 Å². The lowest BCUT2D eigenvalue weighted by atomic mass is 9.87. The molecule has 1 aromatic heterocycles. The Balaban J connectivity index is 2.60. The summed E-state index contributed by atoms with van der Waals surface area (Å²) in [7, 11) is 0. The highest BCUT2D eigenvalue weighted by Gasteiger charge is 2.17. The molecule has 0 aliphatic carbocycles. The fourth-order valence-electron chi connectivity index (χ4n) is 1.79. The molecule has 0 aliphatic heterocycles. The van der Waals surface area contributed by atoms with Gasteiger partial charge in [-0.25, -0.2) is 0 Å². The predicted molar refractivity (Wildman–Crippen MR) is 86.8 cm³/mol. The van der Waals surface area contributed by atoms with Gasteiger partial charge in [0.25, 0.3) is 0 Å². The van der Waals surface area contributed by atoms with Crippen molar-refractivity contribution in [3.8, 4) is 0 Å². The van der Waals surface area contributed by atoms with Crippen LogP contribution in [0.2, 0.25) is 0 Å². The molecule has 0 saturated heterocycles. The van der Waals surface area contributed by atoms with Crippen molar-refractivity contribution >= 4 is 33.9 Å². The van der Waals surface area contributed by atoms with Crippen molar-refractivity contribution in [2.45, 2.75) is 53.0 Å². The van der Waals surface area contributed by atoms with Gasteiger partial charge in [0.15, 0.2) is 0 Å². The zero-order valence-electron chi connectivity index (χ0n) is 11.3. The van der Waals surface area contributed by atoms with Gasteiger partial charge < -0.3 is 5.32 Å². The molecule has 98 valence electrons. The van der Waals surface area contributed by atoms with Crippen LogP contribution in [0.15, 0.2) is 11.4 Å². The average Bonchev–Trinajstić information content (AvgIpc) is 2.63. The van der Waals surface area contributed by atoms with Gasteiger partial charge in [0.1, 0.15) is 0 Å². The molecule has 1 aromatic rings. The Hall–Kier alpha value is 0.390. The zero-order chi connectivity index (χ0) is 12.9. The first kappa shape index (κ1) is 15.4. The number of hydrogen-bond donors (Lipinski definition) is 1. The molecule has 1 unspecified atom stereocenters. The van der Waals surface area contributed by atoms with Gasteiger partial charge in [0.2, 0.25) is 0 Å². The Kier molecular flexibility index (Phi) is 6.45. The molecule has 3 heteroatoms. The van der Waals surface area contributed by atoms with Crippen LogP contribution < -0.4 is 5.32 Å². The van der Waals surface area contributed by atoms with E-state index in [2.05, 4.69) is 67.0 Å². The first-order valence-electron chi connectivity index (χ1n) is 6.39. The van der Waals surface area contributed by atoms with Crippen molar-refractivity contribution in [1.82, 2.24) is 5.32 Å². The molecule has 0 spiro atoms. The van der Waals surface area contributed by atoms with Crippen LogP contribution in [0.1, 0.15) is 58.6 Å². The van der Waals surface area contributed by atoms with Crippen LogP contribution in [0.25, 0.3) is 0 Å². The van der Waals surface area contributed by atoms with Gasteiger partial charge in [0, 0.05) is 6.04 Å². The van der Waals surface area contributed by atoms with Crippen LogP contribution in [0.3, 0.4) is 0 Å². The second-order valence-corrected chi connectivity index (χ2v) is 8.60. The molecule has 0 aliphatic rings. The monoisotopic (exact) mass is 365 g/mol. The van der Waals surface area contributed by atoms with Crippen molar-refractivity contribution < 1.29 is 0 Å². The number of rotatable bonds is 6. The Morgan fingerprint density at radius 1 is 1.41 bits per heavy atom. The SMILES string of the molecule is CCCNC(CCC(C)(C)C)c1csc(I)c1. The Bertz CT molecular complexity index is 327. The molecule has 1 atom stereocenters. The normalized spacial score (nSPS) is 13.9. The van der Waals surface area contributed by atoms with Crippen molar-refractivity contribution in [3.05, 3.63) is 19.9 Å². The molecule has 0 saturated carbocycles. The zero-order valence-corrected chi connectivity index (χ0v) is 14.3. The maximum atomic E-state index is 3.67. The van der Waals surface area contributed by atoms with Crippen LogP contribution in [0, 0.1) is 8.30 Å². The molecule has 0 aromatic carbocycles. The third kappa shape index (κ3) is 6.20. The highest BCUT2D eigenvalue weighted by Crippen LogP contribution is 2.30. The minimum absolute atomic E-state index is 0.426. The lowest BCUT2D eigenvalue weighted by molar-refractivity contribution is 0.332. The molecular formula is C14H24INS. The summed E-state index contributed by atoms with van der Waals surface area (Å²) in [6, 6.07) is 2.86. The Morgan fingerprint density at radius 2 is 2.12 bits per heavy atom.